The highest BCUT2D eigenvalue weighted by Gasteiger charge is 2.31. The van der Waals surface area contributed by atoms with Crippen LogP contribution < -0.4 is 5.56 Å². The van der Waals surface area contributed by atoms with Crippen LogP contribution in [0.1, 0.15) is 24.4 Å². The monoisotopic (exact) mass is 435 g/mol. The van der Waals surface area contributed by atoms with E-state index in [1.165, 1.54) is 39.5 Å². The standard InChI is InChI=1S/C20H19ClFN3O3S/c1-13-2-3-14(21)10-19(13)29(27,28)24-8-6-16(7-9-24)25-12-23-18-11-15(22)4-5-17(18)20(25)26/h2-5,10-12,16H,6-9H2,1H3. The Bertz CT molecular complexity index is 1250. The lowest BCUT2D eigenvalue weighted by molar-refractivity contribution is 0.269. The number of benzene rings is 2. The van der Waals surface area contributed by atoms with E-state index in [-0.39, 0.29) is 29.6 Å². The van der Waals surface area contributed by atoms with Crippen molar-refractivity contribution in [2.24, 2.45) is 0 Å². The maximum atomic E-state index is 13.4. The minimum atomic E-state index is -3.67. The van der Waals surface area contributed by atoms with Gasteiger partial charge in [0, 0.05) is 30.2 Å². The second-order valence-electron chi connectivity index (χ2n) is 7.16. The molecule has 0 spiro atoms. The van der Waals surface area contributed by atoms with Gasteiger partial charge in [-0.25, -0.2) is 17.8 Å². The molecule has 9 heteroatoms. The Balaban J connectivity index is 1.58. The molecular formula is C20H19ClFN3O3S. The Morgan fingerprint density at radius 1 is 1.14 bits per heavy atom. The number of fused-ring (bicyclic) bond motifs is 1. The quantitative estimate of drug-likeness (QED) is 0.631. The lowest BCUT2D eigenvalue weighted by Gasteiger charge is -2.32. The number of hydrogen-bond acceptors (Lipinski definition) is 4. The molecule has 0 N–H and O–H groups in total. The average Bonchev–Trinajstić information content (AvgIpc) is 2.70. The number of nitrogens with zero attached hydrogens (tertiary/aromatic N) is 3. The van der Waals surface area contributed by atoms with E-state index in [1.54, 1.807) is 19.1 Å². The van der Waals surface area contributed by atoms with E-state index in [1.807, 2.05) is 0 Å². The van der Waals surface area contributed by atoms with E-state index in [2.05, 4.69) is 4.98 Å². The molecule has 2 aromatic carbocycles. The number of sulfonamides is 1. The van der Waals surface area contributed by atoms with Gasteiger partial charge in [0.15, 0.2) is 0 Å². The first-order valence-electron chi connectivity index (χ1n) is 9.20. The highest BCUT2D eigenvalue weighted by molar-refractivity contribution is 7.89. The number of hydrogen-bond donors (Lipinski definition) is 0. The summed E-state index contributed by atoms with van der Waals surface area (Å²) in [6.45, 7) is 2.30. The topological polar surface area (TPSA) is 72.3 Å². The number of piperidine rings is 1. The molecule has 1 aromatic heterocycles. The SMILES string of the molecule is Cc1ccc(Cl)cc1S(=O)(=O)N1CCC(n2cnc3cc(F)ccc3c2=O)CC1. The molecule has 0 amide bonds. The fraction of sp³-hybridized carbons (Fsp3) is 0.300. The van der Waals surface area contributed by atoms with E-state index >= 15 is 0 Å². The molecular weight excluding hydrogens is 417 g/mol. The zero-order valence-corrected chi connectivity index (χ0v) is 17.3. The number of aryl methyl sites for hydroxylation is 1. The molecule has 0 bridgehead atoms. The largest absolute Gasteiger partial charge is 0.296 e. The van der Waals surface area contributed by atoms with Crippen LogP contribution in [0.25, 0.3) is 10.9 Å². The molecule has 1 saturated heterocycles. The second-order valence-corrected chi connectivity index (χ2v) is 9.51. The smallest absolute Gasteiger partial charge is 0.261 e. The summed E-state index contributed by atoms with van der Waals surface area (Å²) < 4.78 is 42.4. The number of halogens is 2. The molecule has 4 rings (SSSR count). The molecule has 152 valence electrons. The first kappa shape index (κ1) is 20.0. The van der Waals surface area contributed by atoms with Crippen molar-refractivity contribution in [1.82, 2.24) is 13.9 Å². The maximum Gasteiger partial charge on any atom is 0.261 e. The lowest BCUT2D eigenvalue weighted by Crippen LogP contribution is -2.41. The zero-order chi connectivity index (χ0) is 20.8. The van der Waals surface area contributed by atoms with Crippen molar-refractivity contribution >= 4 is 32.5 Å². The van der Waals surface area contributed by atoms with Crippen molar-refractivity contribution in [3.63, 3.8) is 0 Å². The number of aromatic nitrogens is 2. The van der Waals surface area contributed by atoms with Crippen LogP contribution in [-0.2, 0) is 10.0 Å². The molecule has 0 unspecified atom stereocenters. The predicted molar refractivity (Wildman–Crippen MR) is 109 cm³/mol. The van der Waals surface area contributed by atoms with Gasteiger partial charge < -0.3 is 0 Å². The Labute approximate surface area is 172 Å². The van der Waals surface area contributed by atoms with Crippen molar-refractivity contribution < 1.29 is 12.8 Å². The average molecular weight is 436 g/mol. The molecule has 3 aromatic rings. The molecule has 29 heavy (non-hydrogen) atoms. The minimum absolute atomic E-state index is 0.170. The Morgan fingerprint density at radius 2 is 1.86 bits per heavy atom. The van der Waals surface area contributed by atoms with Gasteiger partial charge in [-0.05, 0) is 49.6 Å². The predicted octanol–water partition coefficient (Wildman–Crippen LogP) is 3.52. The second kappa shape index (κ2) is 7.51. The van der Waals surface area contributed by atoms with Crippen molar-refractivity contribution in [1.29, 1.82) is 0 Å². The summed E-state index contributed by atoms with van der Waals surface area (Å²) >= 11 is 5.99. The lowest BCUT2D eigenvalue weighted by atomic mass is 10.1. The van der Waals surface area contributed by atoms with Crippen molar-refractivity contribution in [3.05, 3.63) is 69.5 Å². The van der Waals surface area contributed by atoms with E-state index in [9.17, 15) is 17.6 Å². The Kier molecular flexibility index (Phi) is 5.18. The minimum Gasteiger partial charge on any atom is -0.296 e. The third-order valence-corrected chi connectivity index (χ3v) is 7.61. The van der Waals surface area contributed by atoms with Gasteiger partial charge in [-0.3, -0.25) is 9.36 Å². The first-order chi connectivity index (χ1) is 13.8. The summed E-state index contributed by atoms with van der Waals surface area (Å²) in [5, 5.41) is 0.716. The maximum absolute atomic E-state index is 13.4. The van der Waals surface area contributed by atoms with Gasteiger partial charge in [0.1, 0.15) is 5.82 Å². The summed E-state index contributed by atoms with van der Waals surface area (Å²) in [6, 6.07) is 8.53. The van der Waals surface area contributed by atoms with Crippen LogP contribution in [0.15, 0.2) is 52.4 Å². The molecule has 0 aliphatic carbocycles. The van der Waals surface area contributed by atoms with E-state index in [4.69, 9.17) is 11.6 Å². The fourth-order valence-electron chi connectivity index (χ4n) is 3.72. The van der Waals surface area contributed by atoms with E-state index in [0.717, 1.165) is 0 Å². The highest BCUT2D eigenvalue weighted by atomic mass is 35.5. The Hall–Kier alpha value is -2.29. The molecule has 1 aliphatic heterocycles. The van der Waals surface area contributed by atoms with Gasteiger partial charge in [0.25, 0.3) is 5.56 Å². The van der Waals surface area contributed by atoms with Crippen LogP contribution in [0.4, 0.5) is 4.39 Å². The van der Waals surface area contributed by atoms with Gasteiger partial charge in [-0.2, -0.15) is 4.31 Å². The summed E-state index contributed by atoms with van der Waals surface area (Å²) in [5.41, 5.74) is 0.698. The summed E-state index contributed by atoms with van der Waals surface area (Å²) in [7, 11) is -3.67. The molecule has 0 radical (unpaired) electrons. The van der Waals surface area contributed by atoms with Gasteiger partial charge in [-0.1, -0.05) is 17.7 Å². The van der Waals surface area contributed by atoms with Crippen LogP contribution >= 0.6 is 11.6 Å². The van der Waals surface area contributed by atoms with Gasteiger partial charge >= 0.3 is 0 Å². The summed E-state index contributed by atoms with van der Waals surface area (Å²) in [4.78, 5) is 17.2. The fourth-order valence-corrected chi connectivity index (χ4v) is 5.68. The highest BCUT2D eigenvalue weighted by Crippen LogP contribution is 2.29. The molecule has 6 nitrogen and oxygen atoms in total. The van der Waals surface area contributed by atoms with Crippen LogP contribution in [0.2, 0.25) is 5.02 Å². The van der Waals surface area contributed by atoms with Crippen LogP contribution in [0.3, 0.4) is 0 Å². The number of rotatable bonds is 3. The third kappa shape index (κ3) is 3.68. The molecule has 0 saturated carbocycles. The van der Waals surface area contributed by atoms with Crippen LogP contribution in [-0.4, -0.2) is 35.4 Å². The van der Waals surface area contributed by atoms with Gasteiger partial charge in [-0.15, -0.1) is 0 Å². The molecule has 2 heterocycles. The molecule has 1 aliphatic rings. The van der Waals surface area contributed by atoms with Crippen molar-refractivity contribution in [2.45, 2.75) is 30.7 Å². The first-order valence-corrected chi connectivity index (χ1v) is 11.0. The normalized spacial score (nSPS) is 16.4. The van der Waals surface area contributed by atoms with Crippen molar-refractivity contribution in [3.8, 4) is 0 Å². The van der Waals surface area contributed by atoms with Gasteiger partial charge in [0.2, 0.25) is 10.0 Å². The van der Waals surface area contributed by atoms with Crippen LogP contribution in [0, 0.1) is 12.7 Å². The van der Waals surface area contributed by atoms with Crippen molar-refractivity contribution in [2.75, 3.05) is 13.1 Å². The molecule has 1 fully saturated rings. The third-order valence-electron chi connectivity index (χ3n) is 5.33. The van der Waals surface area contributed by atoms with Gasteiger partial charge in [0.05, 0.1) is 22.1 Å². The molecule has 0 atom stereocenters. The summed E-state index contributed by atoms with van der Waals surface area (Å²) in [5.74, 6) is -0.447. The zero-order valence-electron chi connectivity index (χ0n) is 15.7. The van der Waals surface area contributed by atoms with Crippen LogP contribution in [0.5, 0.6) is 0 Å². The van der Waals surface area contributed by atoms with E-state index in [0.29, 0.717) is 34.3 Å². The summed E-state index contributed by atoms with van der Waals surface area (Å²) in [6.07, 6.45) is 2.38. The van der Waals surface area contributed by atoms with E-state index < -0.39 is 15.8 Å². The Morgan fingerprint density at radius 3 is 2.59 bits per heavy atom.